The molecule has 0 saturated heterocycles. The molecule has 14 heavy (non-hydrogen) atoms. The SMILES string of the molecule is I.[SiH4].c1ccc(-c2ccccc2)cc1. The zero-order valence-corrected chi connectivity index (χ0v) is 9.51. The van der Waals surface area contributed by atoms with Crippen LogP contribution in [0.1, 0.15) is 0 Å². The first-order valence-corrected chi connectivity index (χ1v) is 4.07. The monoisotopic (exact) mass is 314 g/mol. The van der Waals surface area contributed by atoms with Crippen LogP contribution in [0.5, 0.6) is 0 Å². The van der Waals surface area contributed by atoms with Crippen molar-refractivity contribution in [2.75, 3.05) is 0 Å². The Labute approximate surface area is 106 Å². The molecule has 0 radical (unpaired) electrons. The Morgan fingerprint density at radius 2 is 0.786 bits per heavy atom. The number of halogens is 1. The van der Waals surface area contributed by atoms with Crippen molar-refractivity contribution >= 4 is 34.9 Å². The van der Waals surface area contributed by atoms with Gasteiger partial charge in [0.1, 0.15) is 0 Å². The van der Waals surface area contributed by atoms with E-state index in [1.165, 1.54) is 11.1 Å². The van der Waals surface area contributed by atoms with Gasteiger partial charge in [-0.05, 0) is 22.1 Å². The number of hydrogen-bond acceptors (Lipinski definition) is 0. The van der Waals surface area contributed by atoms with Crippen LogP contribution >= 0.6 is 24.0 Å². The van der Waals surface area contributed by atoms with Crippen LogP contribution in [0.25, 0.3) is 11.1 Å². The average molecular weight is 314 g/mol. The van der Waals surface area contributed by atoms with Crippen molar-refractivity contribution in [2.24, 2.45) is 0 Å². The van der Waals surface area contributed by atoms with Crippen molar-refractivity contribution in [3.63, 3.8) is 0 Å². The van der Waals surface area contributed by atoms with Gasteiger partial charge in [-0.3, -0.25) is 0 Å². The molecule has 0 aliphatic carbocycles. The Morgan fingerprint density at radius 3 is 1.07 bits per heavy atom. The molecular formula is C12H15ISi. The molecule has 0 N–H and O–H groups in total. The van der Waals surface area contributed by atoms with Gasteiger partial charge in [0.25, 0.3) is 0 Å². The van der Waals surface area contributed by atoms with Crippen LogP contribution in [0.3, 0.4) is 0 Å². The molecule has 2 aromatic carbocycles. The molecule has 0 bridgehead atoms. The second-order valence-electron chi connectivity index (χ2n) is 2.73. The maximum atomic E-state index is 2.12. The summed E-state index contributed by atoms with van der Waals surface area (Å²) < 4.78 is 0. The fourth-order valence-electron chi connectivity index (χ4n) is 1.26. The van der Waals surface area contributed by atoms with Crippen LogP contribution in [0.4, 0.5) is 0 Å². The second kappa shape index (κ2) is 6.78. The van der Waals surface area contributed by atoms with Crippen LogP contribution in [0, 0.1) is 0 Å². The quantitative estimate of drug-likeness (QED) is 0.560. The van der Waals surface area contributed by atoms with Gasteiger partial charge in [0.15, 0.2) is 0 Å². The Kier molecular flexibility index (Phi) is 6.49. The van der Waals surface area contributed by atoms with Gasteiger partial charge in [0.2, 0.25) is 0 Å². The van der Waals surface area contributed by atoms with E-state index in [-0.39, 0.29) is 34.9 Å². The van der Waals surface area contributed by atoms with E-state index >= 15 is 0 Å². The van der Waals surface area contributed by atoms with Gasteiger partial charge in [-0.25, -0.2) is 0 Å². The van der Waals surface area contributed by atoms with Crippen molar-refractivity contribution in [2.45, 2.75) is 0 Å². The van der Waals surface area contributed by atoms with Crippen LogP contribution in [0.2, 0.25) is 0 Å². The summed E-state index contributed by atoms with van der Waals surface area (Å²) in [5.74, 6) is 0. The molecular weight excluding hydrogens is 299 g/mol. The minimum absolute atomic E-state index is 0. The summed E-state index contributed by atoms with van der Waals surface area (Å²) in [6.07, 6.45) is 0. The summed E-state index contributed by atoms with van der Waals surface area (Å²) in [5.41, 5.74) is 2.55. The fourth-order valence-corrected chi connectivity index (χ4v) is 1.26. The third kappa shape index (κ3) is 3.27. The fraction of sp³-hybridized carbons (Fsp3) is 0. The summed E-state index contributed by atoms with van der Waals surface area (Å²) in [5, 5.41) is 0. The van der Waals surface area contributed by atoms with E-state index in [9.17, 15) is 0 Å². The lowest BCUT2D eigenvalue weighted by atomic mass is 10.1. The Morgan fingerprint density at radius 1 is 0.500 bits per heavy atom. The molecule has 0 fully saturated rings. The van der Waals surface area contributed by atoms with Gasteiger partial charge in [-0.1, -0.05) is 60.7 Å². The molecule has 0 unspecified atom stereocenters. The molecule has 0 atom stereocenters. The summed E-state index contributed by atoms with van der Waals surface area (Å²) in [6, 6.07) is 20.8. The number of rotatable bonds is 1. The predicted octanol–water partition coefficient (Wildman–Crippen LogP) is 2.52. The minimum Gasteiger partial charge on any atom is -0.107 e. The summed E-state index contributed by atoms with van der Waals surface area (Å²) in [4.78, 5) is 0. The third-order valence-electron chi connectivity index (χ3n) is 1.88. The normalized spacial score (nSPS) is 8.29. The Bertz CT molecular complexity index is 308. The van der Waals surface area contributed by atoms with E-state index < -0.39 is 0 Å². The molecule has 0 heterocycles. The topological polar surface area (TPSA) is 0 Å². The molecule has 2 heteroatoms. The van der Waals surface area contributed by atoms with Crippen molar-refractivity contribution in [1.82, 2.24) is 0 Å². The Balaban J connectivity index is 0.000000845. The lowest BCUT2D eigenvalue weighted by Crippen LogP contribution is -1.73. The number of benzene rings is 2. The van der Waals surface area contributed by atoms with Gasteiger partial charge in [-0.15, -0.1) is 24.0 Å². The molecule has 0 aliphatic rings. The molecule has 0 spiro atoms. The highest BCUT2D eigenvalue weighted by molar-refractivity contribution is 14.0. The summed E-state index contributed by atoms with van der Waals surface area (Å²) in [7, 11) is 0. The maximum absolute atomic E-state index is 2.12. The highest BCUT2D eigenvalue weighted by Gasteiger charge is 1.91. The van der Waals surface area contributed by atoms with Crippen molar-refractivity contribution < 1.29 is 0 Å². The lowest BCUT2D eigenvalue weighted by molar-refractivity contribution is 1.62. The highest BCUT2D eigenvalue weighted by Crippen LogP contribution is 2.17. The zero-order chi connectivity index (χ0) is 8.23. The number of hydrogen-bond donors (Lipinski definition) is 0. The maximum Gasteiger partial charge on any atom is -0.0149 e. The van der Waals surface area contributed by atoms with Crippen LogP contribution < -0.4 is 0 Å². The van der Waals surface area contributed by atoms with Crippen molar-refractivity contribution in [3.05, 3.63) is 60.7 Å². The molecule has 0 aromatic heterocycles. The van der Waals surface area contributed by atoms with E-state index in [0.717, 1.165) is 0 Å². The average Bonchev–Trinajstić information content (AvgIpc) is 2.21. The van der Waals surface area contributed by atoms with Crippen LogP contribution in [-0.2, 0) is 0 Å². The standard InChI is InChI=1S/C12H10.HI.H4Si/c1-3-7-11(8-4-1)12-9-5-2-6-10-12;;/h1-10H;1H;1H4. The van der Waals surface area contributed by atoms with Crippen LogP contribution in [0.15, 0.2) is 60.7 Å². The summed E-state index contributed by atoms with van der Waals surface area (Å²) >= 11 is 0. The molecule has 0 aliphatic heterocycles. The predicted molar refractivity (Wildman–Crippen MR) is 78.6 cm³/mol. The Hall–Kier alpha value is -0.613. The van der Waals surface area contributed by atoms with Gasteiger partial charge < -0.3 is 0 Å². The zero-order valence-electron chi connectivity index (χ0n) is 7.18. The summed E-state index contributed by atoms with van der Waals surface area (Å²) in [6.45, 7) is 0. The van der Waals surface area contributed by atoms with E-state index in [2.05, 4.69) is 48.5 Å². The van der Waals surface area contributed by atoms with Crippen molar-refractivity contribution in [3.8, 4) is 11.1 Å². The van der Waals surface area contributed by atoms with E-state index in [1.54, 1.807) is 0 Å². The first-order chi connectivity index (χ1) is 5.97. The molecule has 2 aromatic rings. The van der Waals surface area contributed by atoms with Gasteiger partial charge in [0, 0.05) is 0 Å². The van der Waals surface area contributed by atoms with Gasteiger partial charge >= 0.3 is 0 Å². The smallest absolute Gasteiger partial charge is 0.0149 e. The minimum atomic E-state index is 0. The van der Waals surface area contributed by atoms with E-state index in [1.807, 2.05) is 12.1 Å². The molecule has 0 saturated carbocycles. The molecule has 2 rings (SSSR count). The lowest BCUT2D eigenvalue weighted by Gasteiger charge is -1.98. The van der Waals surface area contributed by atoms with E-state index in [0.29, 0.717) is 0 Å². The van der Waals surface area contributed by atoms with Crippen molar-refractivity contribution in [1.29, 1.82) is 0 Å². The largest absolute Gasteiger partial charge is 0.107 e. The molecule has 0 amide bonds. The molecule has 0 nitrogen and oxygen atoms in total. The second-order valence-corrected chi connectivity index (χ2v) is 2.73. The first kappa shape index (κ1) is 13.4. The first-order valence-electron chi connectivity index (χ1n) is 4.07. The highest BCUT2D eigenvalue weighted by atomic mass is 127. The van der Waals surface area contributed by atoms with Gasteiger partial charge in [0.05, 0.1) is 0 Å². The molecule has 74 valence electrons. The van der Waals surface area contributed by atoms with Gasteiger partial charge in [-0.2, -0.15) is 0 Å². The van der Waals surface area contributed by atoms with E-state index in [4.69, 9.17) is 0 Å². The third-order valence-corrected chi connectivity index (χ3v) is 1.88. The van der Waals surface area contributed by atoms with Crippen LogP contribution in [-0.4, -0.2) is 11.0 Å².